The Kier molecular flexibility index (Phi) is 3.24. The third kappa shape index (κ3) is 2.38. The second kappa shape index (κ2) is 4.64. The predicted molar refractivity (Wildman–Crippen MR) is 53.1 cm³/mol. The lowest BCUT2D eigenvalue weighted by Gasteiger charge is -2.17. The molecule has 0 aromatic rings. The van der Waals surface area contributed by atoms with E-state index < -0.39 is 0 Å². The molecule has 4 heteroatoms. The van der Waals surface area contributed by atoms with Gasteiger partial charge in [-0.2, -0.15) is 0 Å². The molecule has 0 bridgehead atoms. The quantitative estimate of drug-likeness (QED) is 0.714. The van der Waals surface area contributed by atoms with E-state index in [9.17, 15) is 4.79 Å². The summed E-state index contributed by atoms with van der Waals surface area (Å²) in [5.41, 5.74) is 0. The fourth-order valence-electron chi connectivity index (χ4n) is 2.01. The first-order valence-electron chi connectivity index (χ1n) is 5.47. The first-order valence-corrected chi connectivity index (χ1v) is 5.47. The normalized spacial score (nSPS) is 26.9. The number of rotatable bonds is 2. The zero-order valence-electron chi connectivity index (χ0n) is 8.50. The molecule has 4 nitrogen and oxygen atoms in total. The zero-order valence-corrected chi connectivity index (χ0v) is 8.50. The van der Waals surface area contributed by atoms with Gasteiger partial charge in [-0.25, -0.2) is 4.79 Å². The molecule has 0 spiro atoms. The van der Waals surface area contributed by atoms with Gasteiger partial charge in [-0.3, -0.25) is 0 Å². The molecule has 0 aromatic carbocycles. The summed E-state index contributed by atoms with van der Waals surface area (Å²) in [7, 11) is 0. The Morgan fingerprint density at radius 1 is 1.43 bits per heavy atom. The molecule has 2 rings (SSSR count). The summed E-state index contributed by atoms with van der Waals surface area (Å²) in [6, 6.07) is 0.106. The van der Waals surface area contributed by atoms with Crippen molar-refractivity contribution in [3.8, 4) is 0 Å². The number of hydrogen-bond acceptors (Lipinski definition) is 2. The number of carbonyl (C=O) groups is 1. The van der Waals surface area contributed by atoms with Crippen LogP contribution < -0.4 is 5.32 Å². The molecule has 80 valence electrons. The minimum Gasteiger partial charge on any atom is -0.381 e. The van der Waals surface area contributed by atoms with Gasteiger partial charge in [0.15, 0.2) is 0 Å². The highest BCUT2D eigenvalue weighted by Crippen LogP contribution is 2.11. The molecule has 1 N–H and O–H groups in total. The molecule has 0 aromatic heterocycles. The van der Waals surface area contributed by atoms with Gasteiger partial charge in [0, 0.05) is 32.2 Å². The molecule has 0 unspecified atom stereocenters. The smallest absolute Gasteiger partial charge is 0.317 e. The third-order valence-electron chi connectivity index (χ3n) is 2.96. The summed E-state index contributed by atoms with van der Waals surface area (Å²) in [6.07, 6.45) is 3.39. The van der Waals surface area contributed by atoms with Crippen LogP contribution >= 0.6 is 0 Å². The fraction of sp³-hybridized carbons (Fsp3) is 0.900. The van der Waals surface area contributed by atoms with Crippen molar-refractivity contribution in [3.05, 3.63) is 0 Å². The molecular formula is C10H18N2O2. The first kappa shape index (κ1) is 9.77. The number of nitrogens with one attached hydrogen (secondary N) is 1. The maximum absolute atomic E-state index is 11.6. The van der Waals surface area contributed by atoms with Crippen molar-refractivity contribution in [1.29, 1.82) is 0 Å². The van der Waals surface area contributed by atoms with Crippen molar-refractivity contribution in [1.82, 2.24) is 10.2 Å². The molecule has 2 heterocycles. The summed E-state index contributed by atoms with van der Waals surface area (Å²) >= 11 is 0. The number of amides is 2. The number of carbonyl (C=O) groups excluding carboxylic acids is 1. The third-order valence-corrected chi connectivity index (χ3v) is 2.96. The summed E-state index contributed by atoms with van der Waals surface area (Å²) in [4.78, 5) is 13.5. The highest BCUT2D eigenvalue weighted by molar-refractivity contribution is 5.74. The van der Waals surface area contributed by atoms with E-state index >= 15 is 0 Å². The molecule has 14 heavy (non-hydrogen) atoms. The lowest BCUT2D eigenvalue weighted by molar-refractivity contribution is 0.182. The van der Waals surface area contributed by atoms with Crippen molar-refractivity contribution < 1.29 is 9.53 Å². The number of likely N-dealkylation sites (tertiary alicyclic amines) is 1. The van der Waals surface area contributed by atoms with Gasteiger partial charge >= 0.3 is 6.03 Å². The van der Waals surface area contributed by atoms with Gasteiger partial charge < -0.3 is 15.0 Å². The van der Waals surface area contributed by atoms with E-state index in [-0.39, 0.29) is 6.03 Å². The molecule has 2 aliphatic rings. The topological polar surface area (TPSA) is 41.6 Å². The second-order valence-corrected chi connectivity index (χ2v) is 4.11. The second-order valence-electron chi connectivity index (χ2n) is 4.11. The Balaban J connectivity index is 1.66. The summed E-state index contributed by atoms with van der Waals surface area (Å²) < 4.78 is 5.25. The van der Waals surface area contributed by atoms with E-state index in [1.807, 2.05) is 4.90 Å². The largest absolute Gasteiger partial charge is 0.381 e. The molecular weight excluding hydrogens is 180 g/mol. The van der Waals surface area contributed by atoms with Crippen LogP contribution in [0.3, 0.4) is 0 Å². The minimum absolute atomic E-state index is 0.106. The van der Waals surface area contributed by atoms with Crippen LogP contribution in [0.4, 0.5) is 4.79 Å². The highest BCUT2D eigenvalue weighted by atomic mass is 16.5. The van der Waals surface area contributed by atoms with Crippen molar-refractivity contribution in [2.75, 3.05) is 32.8 Å². The van der Waals surface area contributed by atoms with Crippen LogP contribution in [0, 0.1) is 5.92 Å². The maximum atomic E-state index is 11.6. The monoisotopic (exact) mass is 198 g/mol. The summed E-state index contributed by atoms with van der Waals surface area (Å²) in [5.74, 6) is 0.529. The van der Waals surface area contributed by atoms with Gasteiger partial charge in [0.2, 0.25) is 0 Å². The van der Waals surface area contributed by atoms with Crippen LogP contribution in [0.15, 0.2) is 0 Å². The average Bonchev–Trinajstić information content (AvgIpc) is 2.87. The van der Waals surface area contributed by atoms with Crippen LogP contribution in [-0.4, -0.2) is 43.8 Å². The van der Waals surface area contributed by atoms with E-state index in [2.05, 4.69) is 5.32 Å². The summed E-state index contributed by atoms with van der Waals surface area (Å²) in [6.45, 7) is 4.28. The number of nitrogens with zero attached hydrogens (tertiary/aromatic N) is 1. The van der Waals surface area contributed by atoms with Gasteiger partial charge in [-0.05, 0) is 19.3 Å². The standard InChI is InChI=1S/C10H18N2O2/c13-10(12-4-1-2-5-12)11-7-9-3-6-14-8-9/h9H,1-8H2,(H,11,13)/t9-/m0/s1. The molecule has 2 saturated heterocycles. The van der Waals surface area contributed by atoms with E-state index in [0.717, 1.165) is 52.1 Å². The predicted octanol–water partition coefficient (Wildman–Crippen LogP) is 0.828. The Hall–Kier alpha value is -0.770. The Morgan fingerprint density at radius 2 is 2.21 bits per heavy atom. The SMILES string of the molecule is O=C(NC[C@@H]1CCOC1)N1CCCC1. The minimum atomic E-state index is 0.106. The van der Waals surface area contributed by atoms with Crippen LogP contribution in [0.25, 0.3) is 0 Å². The van der Waals surface area contributed by atoms with E-state index in [1.54, 1.807) is 0 Å². The molecule has 1 atom stereocenters. The van der Waals surface area contributed by atoms with E-state index in [0.29, 0.717) is 5.92 Å². The van der Waals surface area contributed by atoms with Crippen LogP contribution in [0.5, 0.6) is 0 Å². The number of hydrogen-bond donors (Lipinski definition) is 1. The van der Waals surface area contributed by atoms with Crippen LogP contribution in [0.2, 0.25) is 0 Å². The van der Waals surface area contributed by atoms with Gasteiger partial charge in [0.1, 0.15) is 0 Å². The van der Waals surface area contributed by atoms with Crippen molar-refractivity contribution in [3.63, 3.8) is 0 Å². The molecule has 2 fully saturated rings. The maximum Gasteiger partial charge on any atom is 0.317 e. The van der Waals surface area contributed by atoms with Crippen molar-refractivity contribution in [2.45, 2.75) is 19.3 Å². The number of urea groups is 1. The Labute approximate surface area is 84.6 Å². The van der Waals surface area contributed by atoms with Gasteiger partial charge in [-0.15, -0.1) is 0 Å². The highest BCUT2D eigenvalue weighted by Gasteiger charge is 2.20. The molecule has 0 radical (unpaired) electrons. The molecule has 2 amide bonds. The molecule has 0 saturated carbocycles. The molecule has 0 aliphatic carbocycles. The van der Waals surface area contributed by atoms with Crippen molar-refractivity contribution in [2.24, 2.45) is 5.92 Å². The number of ether oxygens (including phenoxy) is 1. The van der Waals surface area contributed by atoms with Gasteiger partial charge in [0.25, 0.3) is 0 Å². The molecule has 2 aliphatic heterocycles. The lowest BCUT2D eigenvalue weighted by atomic mass is 10.1. The van der Waals surface area contributed by atoms with Crippen molar-refractivity contribution >= 4 is 6.03 Å². The van der Waals surface area contributed by atoms with E-state index in [1.165, 1.54) is 0 Å². The first-order chi connectivity index (χ1) is 6.86. The van der Waals surface area contributed by atoms with E-state index in [4.69, 9.17) is 4.74 Å². The van der Waals surface area contributed by atoms with Crippen LogP contribution in [-0.2, 0) is 4.74 Å². The Morgan fingerprint density at radius 3 is 2.86 bits per heavy atom. The van der Waals surface area contributed by atoms with Crippen LogP contribution in [0.1, 0.15) is 19.3 Å². The van der Waals surface area contributed by atoms with Gasteiger partial charge in [0.05, 0.1) is 6.61 Å². The fourth-order valence-corrected chi connectivity index (χ4v) is 2.01. The van der Waals surface area contributed by atoms with Gasteiger partial charge in [-0.1, -0.05) is 0 Å². The lowest BCUT2D eigenvalue weighted by Crippen LogP contribution is -2.40. The summed E-state index contributed by atoms with van der Waals surface area (Å²) in [5, 5.41) is 2.97. The zero-order chi connectivity index (χ0) is 9.80. The Bertz CT molecular complexity index is 196. The average molecular weight is 198 g/mol.